The van der Waals surface area contributed by atoms with E-state index in [1.165, 1.54) is 13.0 Å². The highest BCUT2D eigenvalue weighted by molar-refractivity contribution is 5.71. The molecular formula is C47H73NO17. The van der Waals surface area contributed by atoms with Gasteiger partial charge < -0.3 is 80.9 Å². The fourth-order valence-corrected chi connectivity index (χ4v) is 7.97. The third kappa shape index (κ3) is 18.6. The van der Waals surface area contributed by atoms with Crippen LogP contribution in [0.5, 0.6) is 0 Å². The van der Waals surface area contributed by atoms with Gasteiger partial charge in [-0.2, -0.15) is 0 Å². The number of rotatable bonds is 3. The van der Waals surface area contributed by atoms with Gasteiger partial charge in [0.2, 0.25) is 0 Å². The Kier molecular flexibility index (Phi) is 23.6. The molecule has 0 radical (unpaired) electrons. The summed E-state index contributed by atoms with van der Waals surface area (Å²) in [5, 5.41) is 118. The standard InChI is InChI=1S/C47H73NO17/c1-27-17-15-13-11-9-7-5-6-8-10-12-14-16-18-34(64-46-44(58)41(48)43(57)30(4)63-46)24-38-40(45(59)60)37(54)26-47(61,65-38)25-33(51)22-36(53)35(52)20-19-31(49)21-32(50)23-39(55)62-29(3)28(2)42(27)56/h5-18,27-38,40-44,46,49-54,56-58,61H,19-26,48H2,1-4H3,(H,59,60)/b6-5-,9-7+,10-8+,13-11+,14-12+,17-15+,18-16+/t27?,28?,29?,30-,31?,32?,33?,34?,35?,36?,37?,38?,40?,41+,42?,43-,44+,46+,47?/m1/s1. The lowest BCUT2D eigenvalue weighted by molar-refractivity contribution is -0.308. The zero-order valence-electron chi connectivity index (χ0n) is 37.6. The maximum Gasteiger partial charge on any atom is 0.311 e. The normalized spacial score (nSPS) is 45.5. The Balaban J connectivity index is 1.86. The lowest BCUT2D eigenvalue weighted by Crippen LogP contribution is -2.61. The molecule has 65 heavy (non-hydrogen) atoms. The molecule has 2 bridgehead atoms. The average molecular weight is 924 g/mol. The first-order chi connectivity index (χ1) is 30.6. The van der Waals surface area contributed by atoms with Crippen LogP contribution in [0, 0.1) is 17.8 Å². The second kappa shape index (κ2) is 27.4. The van der Waals surface area contributed by atoms with Gasteiger partial charge in [0.1, 0.15) is 18.1 Å². The number of carbonyl (C=O) groups is 2. The van der Waals surface area contributed by atoms with Gasteiger partial charge in [-0.25, -0.2) is 0 Å². The van der Waals surface area contributed by atoms with Crippen LogP contribution < -0.4 is 5.73 Å². The van der Waals surface area contributed by atoms with Crippen LogP contribution in [-0.4, -0.2) is 166 Å². The Bertz CT molecular complexity index is 1670. The molecular weight excluding hydrogens is 851 g/mol. The van der Waals surface area contributed by atoms with Crippen LogP contribution >= 0.6 is 0 Å². The molecule has 14 unspecified atom stereocenters. The minimum absolute atomic E-state index is 0.107. The second-order valence-corrected chi connectivity index (χ2v) is 17.6. The number of aliphatic hydroxyl groups excluding tert-OH is 9. The van der Waals surface area contributed by atoms with Crippen molar-refractivity contribution in [2.24, 2.45) is 23.5 Å². The topological polar surface area (TPSA) is 320 Å². The monoisotopic (exact) mass is 923 g/mol. The van der Waals surface area contributed by atoms with Gasteiger partial charge in [0.25, 0.3) is 0 Å². The van der Waals surface area contributed by atoms with E-state index in [9.17, 15) is 65.8 Å². The first kappa shape index (κ1) is 55.9. The highest BCUT2D eigenvalue weighted by Gasteiger charge is 2.51. The molecule has 3 aliphatic heterocycles. The second-order valence-electron chi connectivity index (χ2n) is 17.6. The molecule has 19 atom stereocenters. The summed E-state index contributed by atoms with van der Waals surface area (Å²) in [5.74, 6) is -6.83. The van der Waals surface area contributed by atoms with Crippen molar-refractivity contribution in [2.75, 3.05) is 0 Å². The van der Waals surface area contributed by atoms with E-state index in [-0.39, 0.29) is 31.6 Å². The van der Waals surface area contributed by atoms with Gasteiger partial charge in [-0.05, 0) is 33.1 Å². The quantitative estimate of drug-likeness (QED) is 0.174. The van der Waals surface area contributed by atoms with Crippen LogP contribution in [-0.2, 0) is 28.5 Å². The first-order valence-electron chi connectivity index (χ1n) is 22.3. The molecule has 18 heteroatoms. The number of carbonyl (C=O) groups excluding carboxylic acids is 1. The fraction of sp³-hybridized carbons (Fsp3) is 0.660. The number of aliphatic hydroxyl groups is 10. The number of cyclic esters (lactones) is 1. The van der Waals surface area contributed by atoms with Crippen LogP contribution in [0.15, 0.2) is 85.1 Å². The van der Waals surface area contributed by atoms with E-state index in [4.69, 9.17) is 24.7 Å². The lowest BCUT2D eigenvalue weighted by atomic mass is 9.82. The molecule has 18 nitrogen and oxygen atoms in total. The molecule has 0 aromatic rings. The summed E-state index contributed by atoms with van der Waals surface area (Å²) in [6.07, 6.45) is 3.46. The van der Waals surface area contributed by atoms with Gasteiger partial charge in [0.15, 0.2) is 12.1 Å². The van der Waals surface area contributed by atoms with Crippen molar-refractivity contribution < 1.29 is 84.7 Å². The van der Waals surface area contributed by atoms with E-state index in [1.807, 2.05) is 19.1 Å². The Hall–Kier alpha value is -3.44. The summed E-state index contributed by atoms with van der Waals surface area (Å²) in [6.45, 7) is 6.74. The van der Waals surface area contributed by atoms with Crippen LogP contribution in [0.4, 0.5) is 0 Å². The van der Waals surface area contributed by atoms with Crippen LogP contribution in [0.3, 0.4) is 0 Å². The van der Waals surface area contributed by atoms with E-state index < -0.39 is 147 Å². The Morgan fingerprint density at radius 1 is 0.662 bits per heavy atom. The molecule has 0 aromatic carbocycles. The molecule has 0 aromatic heterocycles. The zero-order chi connectivity index (χ0) is 48.4. The van der Waals surface area contributed by atoms with Gasteiger partial charge in [-0.3, -0.25) is 9.59 Å². The van der Waals surface area contributed by atoms with Gasteiger partial charge in [-0.15, -0.1) is 0 Å². The third-order valence-electron chi connectivity index (χ3n) is 12.0. The molecule has 368 valence electrons. The van der Waals surface area contributed by atoms with Crippen molar-refractivity contribution in [3.8, 4) is 0 Å². The lowest BCUT2D eigenvalue weighted by Gasteiger charge is -2.45. The van der Waals surface area contributed by atoms with Crippen molar-refractivity contribution >= 4 is 11.9 Å². The fourth-order valence-electron chi connectivity index (χ4n) is 7.97. The van der Waals surface area contributed by atoms with E-state index in [0.717, 1.165) is 0 Å². The first-order valence-corrected chi connectivity index (χ1v) is 22.3. The number of esters is 1. The summed E-state index contributed by atoms with van der Waals surface area (Å²) in [6, 6.07) is -1.15. The van der Waals surface area contributed by atoms with Crippen LogP contribution in [0.1, 0.15) is 79.1 Å². The zero-order valence-corrected chi connectivity index (χ0v) is 37.6. The molecule has 3 aliphatic rings. The van der Waals surface area contributed by atoms with E-state index >= 15 is 0 Å². The number of aliphatic carboxylic acids is 1. The van der Waals surface area contributed by atoms with Crippen molar-refractivity contribution in [2.45, 2.75) is 177 Å². The summed E-state index contributed by atoms with van der Waals surface area (Å²) in [5.41, 5.74) is 6.02. The van der Waals surface area contributed by atoms with Crippen LogP contribution in [0.2, 0.25) is 0 Å². The van der Waals surface area contributed by atoms with Crippen LogP contribution in [0.25, 0.3) is 0 Å². The number of hydrogen-bond donors (Lipinski definition) is 12. The molecule has 13 N–H and O–H groups in total. The van der Waals surface area contributed by atoms with E-state index in [0.29, 0.717) is 0 Å². The molecule has 2 fully saturated rings. The van der Waals surface area contributed by atoms with Gasteiger partial charge >= 0.3 is 11.9 Å². The van der Waals surface area contributed by atoms with Gasteiger partial charge in [0, 0.05) is 37.5 Å². The van der Waals surface area contributed by atoms with Crippen molar-refractivity contribution in [1.82, 2.24) is 0 Å². The highest BCUT2D eigenvalue weighted by atomic mass is 16.7. The minimum atomic E-state index is -2.33. The Morgan fingerprint density at radius 2 is 1.23 bits per heavy atom. The van der Waals surface area contributed by atoms with E-state index in [1.54, 1.807) is 80.7 Å². The molecule has 3 rings (SSSR count). The number of fused-ring (bicyclic) bond motifs is 2. The molecule has 2 saturated heterocycles. The predicted molar refractivity (Wildman–Crippen MR) is 237 cm³/mol. The maximum absolute atomic E-state index is 12.6. The average Bonchev–Trinajstić information content (AvgIpc) is 3.21. The Labute approximate surface area is 381 Å². The number of nitrogens with two attached hydrogens (primary N) is 1. The van der Waals surface area contributed by atoms with Crippen molar-refractivity contribution in [1.29, 1.82) is 0 Å². The number of hydrogen-bond acceptors (Lipinski definition) is 17. The summed E-state index contributed by atoms with van der Waals surface area (Å²) >= 11 is 0. The Morgan fingerprint density at radius 3 is 1.82 bits per heavy atom. The SMILES string of the molecule is CC1/C=C/C=C/C=C/C=C\C=C\C=C\C=C\C(O[C@@H]2O[C@H](C)[C@@H](O)[C@H](N)[C@@H]2O)CC2OC(O)(CC(O)CC(O)C(O)CCC(O)CC(O)CC(=O)OC(C)C(C)C1O)CC(O)C2C(=O)O. The number of carboxylic acids is 1. The summed E-state index contributed by atoms with van der Waals surface area (Å²) < 4.78 is 23.1. The van der Waals surface area contributed by atoms with Gasteiger partial charge in [-0.1, -0.05) is 98.9 Å². The largest absolute Gasteiger partial charge is 0.481 e. The number of allylic oxidation sites excluding steroid dienone is 12. The van der Waals surface area contributed by atoms with Crippen molar-refractivity contribution in [3.05, 3.63) is 85.1 Å². The summed E-state index contributed by atoms with van der Waals surface area (Å²) in [4.78, 5) is 25.1. The number of ether oxygens (including phenoxy) is 4. The third-order valence-corrected chi connectivity index (χ3v) is 12.0. The van der Waals surface area contributed by atoms with Crippen molar-refractivity contribution in [3.63, 3.8) is 0 Å². The molecule has 0 spiro atoms. The van der Waals surface area contributed by atoms with Gasteiger partial charge in [0.05, 0.1) is 79.6 Å². The molecule has 0 amide bonds. The molecule has 0 aliphatic carbocycles. The minimum Gasteiger partial charge on any atom is -0.481 e. The molecule has 3 heterocycles. The van der Waals surface area contributed by atoms with E-state index in [2.05, 4.69) is 0 Å². The predicted octanol–water partition coefficient (Wildman–Crippen LogP) is 0.712. The smallest absolute Gasteiger partial charge is 0.311 e. The summed E-state index contributed by atoms with van der Waals surface area (Å²) in [7, 11) is 0. The molecule has 0 saturated carbocycles. The number of carboxylic acid groups (broad SMARTS) is 1. The highest BCUT2D eigenvalue weighted by Crippen LogP contribution is 2.38. The maximum atomic E-state index is 12.6.